The second kappa shape index (κ2) is 7.01. The maximum atomic E-state index is 9.52. The second-order valence-electron chi connectivity index (χ2n) is 7.61. The van der Waals surface area contributed by atoms with Crippen molar-refractivity contribution in [2.75, 3.05) is 20.6 Å². The third kappa shape index (κ3) is 2.71. The van der Waals surface area contributed by atoms with Gasteiger partial charge in [-0.25, -0.2) is 19.9 Å². The van der Waals surface area contributed by atoms with Crippen LogP contribution in [0, 0.1) is 22.7 Å². The predicted molar refractivity (Wildman–Crippen MR) is 116 cm³/mol. The highest BCUT2D eigenvalue weighted by Gasteiger charge is 2.23. The van der Waals surface area contributed by atoms with Gasteiger partial charge in [-0.1, -0.05) is 19.1 Å². The van der Waals surface area contributed by atoms with E-state index in [-0.39, 0.29) is 11.4 Å². The summed E-state index contributed by atoms with van der Waals surface area (Å²) in [6.07, 6.45) is 0.718. The van der Waals surface area contributed by atoms with Gasteiger partial charge >= 0.3 is 0 Å². The molecule has 0 aliphatic heterocycles. The lowest BCUT2D eigenvalue weighted by molar-refractivity contribution is 0.388. The monoisotopic (exact) mass is 409 g/mol. The quantitative estimate of drug-likeness (QED) is 0.448. The van der Waals surface area contributed by atoms with Crippen molar-refractivity contribution in [3.63, 3.8) is 0 Å². The van der Waals surface area contributed by atoms with Crippen LogP contribution < -0.4 is 0 Å². The van der Waals surface area contributed by atoms with E-state index in [9.17, 15) is 10.5 Å². The number of aryl methyl sites for hydroxylation is 1. The fraction of sp³-hybridized carbons (Fsp3) is 0.273. The Morgan fingerprint density at radius 3 is 2.39 bits per heavy atom. The highest BCUT2D eigenvalue weighted by atomic mass is 15.2. The van der Waals surface area contributed by atoms with E-state index in [0.717, 1.165) is 46.5 Å². The minimum absolute atomic E-state index is 0.00971. The van der Waals surface area contributed by atoms with E-state index in [4.69, 9.17) is 9.97 Å². The minimum atomic E-state index is 0.00971. The Hall–Kier alpha value is -4.08. The zero-order valence-electron chi connectivity index (χ0n) is 17.5. The third-order valence-electron chi connectivity index (χ3n) is 5.43. The molecule has 0 saturated heterocycles. The number of likely N-dealkylation sites (N-methyl/N-ethyl adjacent to an activating group) is 1. The van der Waals surface area contributed by atoms with Crippen LogP contribution in [-0.4, -0.2) is 54.4 Å². The first kappa shape index (κ1) is 18.9. The van der Waals surface area contributed by atoms with E-state index < -0.39 is 0 Å². The zero-order chi connectivity index (χ0) is 21.7. The van der Waals surface area contributed by atoms with Crippen molar-refractivity contribution in [1.29, 1.82) is 10.5 Å². The first-order chi connectivity index (χ1) is 15.1. The molecule has 4 aromatic heterocycles. The lowest BCUT2D eigenvalue weighted by Gasteiger charge is -2.12. The highest BCUT2D eigenvalue weighted by molar-refractivity contribution is 6.11. The van der Waals surface area contributed by atoms with Crippen LogP contribution in [0.1, 0.15) is 24.1 Å². The fourth-order valence-electron chi connectivity index (χ4n) is 3.98. The van der Waals surface area contributed by atoms with Crippen molar-refractivity contribution in [1.82, 2.24) is 33.8 Å². The molecule has 5 rings (SSSR count). The Bertz CT molecular complexity index is 1570. The molecule has 31 heavy (non-hydrogen) atoms. The van der Waals surface area contributed by atoms with E-state index in [2.05, 4.69) is 26.2 Å². The van der Waals surface area contributed by atoms with Crippen molar-refractivity contribution in [3.05, 3.63) is 41.5 Å². The number of para-hydroxylation sites is 2. The number of rotatable bonds is 4. The molecule has 5 aromatic rings. The van der Waals surface area contributed by atoms with Gasteiger partial charge in [0.25, 0.3) is 0 Å². The molecule has 4 heterocycles. The number of fused-ring (bicyclic) bond motifs is 7. The minimum Gasteiger partial charge on any atom is -0.308 e. The topological polar surface area (TPSA) is 112 Å². The van der Waals surface area contributed by atoms with Crippen LogP contribution in [0.4, 0.5) is 0 Å². The summed E-state index contributed by atoms with van der Waals surface area (Å²) < 4.78 is 4.04. The van der Waals surface area contributed by atoms with Gasteiger partial charge in [0.15, 0.2) is 22.7 Å². The number of hydrogen-bond acceptors (Lipinski definition) is 7. The van der Waals surface area contributed by atoms with E-state index in [1.807, 2.05) is 55.1 Å². The maximum absolute atomic E-state index is 9.52. The molecule has 0 N–H and O–H groups in total. The Labute approximate surface area is 177 Å². The van der Waals surface area contributed by atoms with Gasteiger partial charge < -0.3 is 9.47 Å². The van der Waals surface area contributed by atoms with Crippen LogP contribution in [0.2, 0.25) is 0 Å². The van der Waals surface area contributed by atoms with Gasteiger partial charge in [-0.3, -0.25) is 4.40 Å². The van der Waals surface area contributed by atoms with Crippen LogP contribution in [0.25, 0.3) is 38.9 Å². The summed E-state index contributed by atoms with van der Waals surface area (Å²) in [6, 6.07) is 11.9. The molecule has 0 atom stereocenters. The fourth-order valence-corrected chi connectivity index (χ4v) is 3.98. The zero-order valence-corrected chi connectivity index (χ0v) is 17.5. The number of nitriles is 2. The van der Waals surface area contributed by atoms with Crippen molar-refractivity contribution in [3.8, 4) is 12.1 Å². The summed E-state index contributed by atoms with van der Waals surface area (Å²) in [5.41, 5.74) is 4.40. The van der Waals surface area contributed by atoms with Gasteiger partial charge in [-0.2, -0.15) is 10.5 Å². The van der Waals surface area contributed by atoms with Gasteiger partial charge in [-0.05, 0) is 26.2 Å². The number of hydrogen-bond donors (Lipinski definition) is 0. The lowest BCUT2D eigenvalue weighted by Crippen LogP contribution is -2.19. The summed E-state index contributed by atoms with van der Waals surface area (Å²) in [6.45, 7) is 3.44. The summed E-state index contributed by atoms with van der Waals surface area (Å²) in [5, 5.41) is 19.8. The first-order valence-electron chi connectivity index (χ1n) is 10.0. The van der Waals surface area contributed by atoms with E-state index >= 15 is 0 Å². The second-order valence-corrected chi connectivity index (χ2v) is 7.61. The molecular formula is C22H19N9. The number of imidazole rings is 1. The van der Waals surface area contributed by atoms with E-state index in [1.54, 1.807) is 0 Å². The largest absolute Gasteiger partial charge is 0.308 e. The lowest BCUT2D eigenvalue weighted by atomic mass is 10.3. The molecule has 0 bridgehead atoms. The van der Waals surface area contributed by atoms with Crippen LogP contribution in [0.15, 0.2) is 24.3 Å². The average molecular weight is 409 g/mol. The normalized spacial score (nSPS) is 11.7. The Balaban J connectivity index is 2.02. The molecule has 9 heteroatoms. The molecule has 0 amide bonds. The summed E-state index contributed by atoms with van der Waals surface area (Å²) in [5.74, 6) is 0.881. The van der Waals surface area contributed by atoms with E-state index in [1.165, 1.54) is 0 Å². The van der Waals surface area contributed by atoms with Crippen molar-refractivity contribution >= 4 is 38.9 Å². The summed E-state index contributed by atoms with van der Waals surface area (Å²) in [4.78, 5) is 21.0. The Morgan fingerprint density at radius 1 is 0.935 bits per heavy atom. The number of benzene rings is 1. The molecule has 0 radical (unpaired) electrons. The average Bonchev–Trinajstić information content (AvgIpc) is 3.31. The molecule has 152 valence electrons. The SMILES string of the molecule is CCc1nc2c(c3nc(C#N)c(C#N)nc3n2CCN(C)C)c2nc3ccccc3n12. The van der Waals surface area contributed by atoms with Crippen molar-refractivity contribution < 1.29 is 0 Å². The molecule has 0 unspecified atom stereocenters. The molecule has 0 aliphatic carbocycles. The Kier molecular flexibility index (Phi) is 4.28. The van der Waals surface area contributed by atoms with E-state index in [0.29, 0.717) is 17.7 Å². The van der Waals surface area contributed by atoms with Crippen LogP contribution in [0.5, 0.6) is 0 Å². The highest BCUT2D eigenvalue weighted by Crippen LogP contribution is 2.32. The standard InChI is InChI=1S/C22H19N9/c1-4-17-28-20-18(21-26-13-7-5-6-8-16(13)31(17)21)19-22(30(20)10-9-29(2)3)27-15(12-24)14(11-23)25-19/h5-8H,4,9-10H2,1-3H3. The van der Waals surface area contributed by atoms with Gasteiger partial charge in [0.1, 0.15) is 29.1 Å². The molecule has 1 aromatic carbocycles. The molecule has 9 nitrogen and oxygen atoms in total. The van der Waals surface area contributed by atoms with Crippen LogP contribution in [-0.2, 0) is 13.0 Å². The maximum Gasteiger partial charge on any atom is 0.179 e. The van der Waals surface area contributed by atoms with Crippen LogP contribution >= 0.6 is 0 Å². The number of aromatic nitrogens is 6. The smallest absolute Gasteiger partial charge is 0.179 e. The predicted octanol–water partition coefficient (Wildman–Crippen LogP) is 2.65. The molecule has 0 saturated carbocycles. The van der Waals surface area contributed by atoms with Gasteiger partial charge in [0.05, 0.1) is 16.4 Å². The Morgan fingerprint density at radius 2 is 1.68 bits per heavy atom. The summed E-state index contributed by atoms with van der Waals surface area (Å²) in [7, 11) is 4.00. The molecule has 0 fully saturated rings. The molecule has 0 aliphatic rings. The number of nitrogens with zero attached hydrogens (tertiary/aromatic N) is 9. The van der Waals surface area contributed by atoms with Gasteiger partial charge in [0, 0.05) is 19.5 Å². The summed E-state index contributed by atoms with van der Waals surface area (Å²) >= 11 is 0. The van der Waals surface area contributed by atoms with Gasteiger partial charge in [0.2, 0.25) is 0 Å². The van der Waals surface area contributed by atoms with Crippen molar-refractivity contribution in [2.45, 2.75) is 19.9 Å². The van der Waals surface area contributed by atoms with Gasteiger partial charge in [-0.15, -0.1) is 0 Å². The third-order valence-corrected chi connectivity index (χ3v) is 5.43. The molecular weight excluding hydrogens is 390 g/mol. The molecule has 0 spiro atoms. The van der Waals surface area contributed by atoms with Crippen molar-refractivity contribution in [2.24, 2.45) is 0 Å². The first-order valence-corrected chi connectivity index (χ1v) is 10.0. The van der Waals surface area contributed by atoms with Crippen LogP contribution in [0.3, 0.4) is 0 Å².